The largest absolute Gasteiger partial charge is 0.504 e. The Morgan fingerprint density at radius 2 is 1.71 bits per heavy atom. The summed E-state index contributed by atoms with van der Waals surface area (Å²) in [5, 5.41) is 24.4. The van der Waals surface area contributed by atoms with Crippen molar-refractivity contribution >= 4 is 23.1 Å². The molecule has 0 radical (unpaired) electrons. The van der Waals surface area contributed by atoms with Crippen LogP contribution in [-0.2, 0) is 11.3 Å². The molecule has 1 heterocycles. The van der Waals surface area contributed by atoms with E-state index in [1.165, 1.54) is 12.1 Å². The highest BCUT2D eigenvalue weighted by molar-refractivity contribution is 6.31. The smallest absolute Gasteiger partial charge is 0.260 e. The number of amides is 2. The van der Waals surface area contributed by atoms with Crippen LogP contribution in [0.2, 0.25) is 0 Å². The molecule has 2 aromatic carbocycles. The van der Waals surface area contributed by atoms with Crippen LogP contribution in [0.5, 0.6) is 11.5 Å². The molecule has 146 valence electrons. The Hall–Kier alpha value is -3.48. The molecular formula is C21H23N3O4. The number of nitrogens with zero attached hydrogens (tertiary/aromatic N) is 1. The molecule has 0 unspecified atom stereocenters. The van der Waals surface area contributed by atoms with Crippen molar-refractivity contribution in [2.24, 2.45) is 0 Å². The Morgan fingerprint density at radius 3 is 2.39 bits per heavy atom. The maximum absolute atomic E-state index is 12.4. The molecule has 0 atom stereocenters. The second-order valence-corrected chi connectivity index (χ2v) is 6.45. The van der Waals surface area contributed by atoms with Gasteiger partial charge in [0.2, 0.25) is 0 Å². The van der Waals surface area contributed by atoms with E-state index in [9.17, 15) is 19.8 Å². The average Bonchev–Trinajstić information content (AvgIpc) is 2.68. The number of carbonyl (C=O) groups is 2. The van der Waals surface area contributed by atoms with Crippen molar-refractivity contribution in [1.29, 1.82) is 0 Å². The summed E-state index contributed by atoms with van der Waals surface area (Å²) < 4.78 is 0. The van der Waals surface area contributed by atoms with Crippen LogP contribution >= 0.6 is 0 Å². The molecule has 2 aromatic rings. The summed E-state index contributed by atoms with van der Waals surface area (Å²) in [5.74, 6) is -1.27. The minimum atomic E-state index is -0.463. The second-order valence-electron chi connectivity index (χ2n) is 6.45. The first-order chi connectivity index (χ1) is 13.4. The van der Waals surface area contributed by atoms with Crippen LogP contribution < -0.4 is 15.5 Å². The third-order valence-electron chi connectivity index (χ3n) is 4.73. The van der Waals surface area contributed by atoms with Crippen LogP contribution in [-0.4, -0.2) is 35.1 Å². The van der Waals surface area contributed by atoms with E-state index in [2.05, 4.69) is 15.5 Å². The molecule has 2 amide bonds. The van der Waals surface area contributed by atoms with Gasteiger partial charge >= 0.3 is 0 Å². The predicted octanol–water partition coefficient (Wildman–Crippen LogP) is 2.34. The zero-order valence-electron chi connectivity index (χ0n) is 15.8. The molecule has 0 fully saturated rings. The van der Waals surface area contributed by atoms with E-state index < -0.39 is 11.8 Å². The minimum Gasteiger partial charge on any atom is -0.504 e. The molecule has 4 N–H and O–H groups in total. The van der Waals surface area contributed by atoms with Gasteiger partial charge in [-0.1, -0.05) is 6.07 Å². The van der Waals surface area contributed by atoms with Gasteiger partial charge in [-0.25, -0.2) is 0 Å². The van der Waals surface area contributed by atoms with E-state index in [4.69, 9.17) is 0 Å². The summed E-state index contributed by atoms with van der Waals surface area (Å²) in [7, 11) is 0. The number of imide groups is 1. The lowest BCUT2D eigenvalue weighted by Crippen LogP contribution is -2.37. The van der Waals surface area contributed by atoms with E-state index in [-0.39, 0.29) is 11.5 Å². The van der Waals surface area contributed by atoms with Crippen LogP contribution in [0.4, 0.5) is 5.69 Å². The van der Waals surface area contributed by atoms with E-state index in [0.717, 1.165) is 24.3 Å². The fourth-order valence-electron chi connectivity index (χ4n) is 3.19. The first-order valence-corrected chi connectivity index (χ1v) is 9.14. The summed E-state index contributed by atoms with van der Waals surface area (Å²) in [6.07, 6.45) is 1.57. The highest BCUT2D eigenvalue weighted by Crippen LogP contribution is 2.29. The summed E-state index contributed by atoms with van der Waals surface area (Å²) in [6.45, 7) is 6.07. The highest BCUT2D eigenvalue weighted by Gasteiger charge is 2.27. The normalized spacial score (nSPS) is 14.6. The lowest BCUT2D eigenvalue weighted by molar-refractivity contribution is -0.114. The van der Waals surface area contributed by atoms with Crippen LogP contribution in [0.1, 0.15) is 35.3 Å². The standard InChI is InChI=1S/C21H23N3O4/c1-3-24(4-2)14-6-7-15-16(10-14)17(21(28)23-20(15)27)12-22-11-13-5-8-18(25)19(26)9-13/h5-10,12,22,25-26H,3-4,11H2,1-2H3,(H,23,27,28). The van der Waals surface area contributed by atoms with Gasteiger partial charge in [-0.3, -0.25) is 14.9 Å². The summed E-state index contributed by atoms with van der Waals surface area (Å²) in [6, 6.07) is 9.98. The highest BCUT2D eigenvalue weighted by atomic mass is 16.3. The van der Waals surface area contributed by atoms with Gasteiger partial charge in [0.15, 0.2) is 11.5 Å². The van der Waals surface area contributed by atoms with Gasteiger partial charge in [0.1, 0.15) is 0 Å². The fourth-order valence-corrected chi connectivity index (χ4v) is 3.19. The zero-order valence-corrected chi connectivity index (χ0v) is 15.8. The van der Waals surface area contributed by atoms with E-state index in [1.807, 2.05) is 26.0 Å². The van der Waals surface area contributed by atoms with Crippen molar-refractivity contribution < 1.29 is 19.8 Å². The molecule has 0 aromatic heterocycles. The maximum atomic E-state index is 12.4. The molecule has 1 aliphatic heterocycles. The molecule has 0 saturated heterocycles. The molecule has 0 bridgehead atoms. The zero-order chi connectivity index (χ0) is 20.3. The molecule has 0 aliphatic carbocycles. The van der Waals surface area contributed by atoms with Crippen molar-refractivity contribution in [3.05, 3.63) is 59.3 Å². The number of fused-ring (bicyclic) bond motifs is 1. The Morgan fingerprint density at radius 1 is 0.964 bits per heavy atom. The van der Waals surface area contributed by atoms with Gasteiger partial charge in [0.05, 0.1) is 5.57 Å². The molecule has 3 rings (SSSR count). The Balaban J connectivity index is 1.90. The molecule has 0 spiro atoms. The first kappa shape index (κ1) is 19.3. The van der Waals surface area contributed by atoms with Gasteiger partial charge in [-0.15, -0.1) is 0 Å². The van der Waals surface area contributed by atoms with Crippen molar-refractivity contribution in [3.63, 3.8) is 0 Å². The molecule has 7 nitrogen and oxygen atoms in total. The van der Waals surface area contributed by atoms with E-state index in [1.54, 1.807) is 18.3 Å². The molecular weight excluding hydrogens is 358 g/mol. The van der Waals surface area contributed by atoms with Crippen molar-refractivity contribution in [2.75, 3.05) is 18.0 Å². The van der Waals surface area contributed by atoms with Crippen LogP contribution in [0, 0.1) is 0 Å². The Bertz CT molecular complexity index is 949. The number of hydrogen-bond acceptors (Lipinski definition) is 6. The van der Waals surface area contributed by atoms with Crippen molar-refractivity contribution in [2.45, 2.75) is 20.4 Å². The first-order valence-electron chi connectivity index (χ1n) is 9.14. The number of hydrogen-bond donors (Lipinski definition) is 4. The third kappa shape index (κ3) is 3.78. The predicted molar refractivity (Wildman–Crippen MR) is 107 cm³/mol. The van der Waals surface area contributed by atoms with Crippen LogP contribution in [0.3, 0.4) is 0 Å². The van der Waals surface area contributed by atoms with Crippen LogP contribution in [0.15, 0.2) is 42.6 Å². The van der Waals surface area contributed by atoms with Gasteiger partial charge in [0.25, 0.3) is 11.8 Å². The molecule has 7 heteroatoms. The van der Waals surface area contributed by atoms with Gasteiger partial charge in [0, 0.05) is 42.6 Å². The Kier molecular flexibility index (Phi) is 5.54. The van der Waals surface area contributed by atoms with Crippen molar-refractivity contribution in [1.82, 2.24) is 10.6 Å². The van der Waals surface area contributed by atoms with Gasteiger partial charge in [-0.05, 0) is 49.7 Å². The van der Waals surface area contributed by atoms with E-state index in [0.29, 0.717) is 23.2 Å². The van der Waals surface area contributed by atoms with E-state index >= 15 is 0 Å². The summed E-state index contributed by atoms with van der Waals surface area (Å²) >= 11 is 0. The molecule has 1 aliphatic rings. The minimum absolute atomic E-state index is 0.190. The summed E-state index contributed by atoms with van der Waals surface area (Å²) in [5.41, 5.74) is 3.08. The fraction of sp³-hybridized carbons (Fsp3) is 0.238. The number of nitrogens with one attached hydrogen (secondary N) is 2. The lowest BCUT2D eigenvalue weighted by Gasteiger charge is -2.25. The van der Waals surface area contributed by atoms with Gasteiger partial charge in [-0.2, -0.15) is 0 Å². The number of benzene rings is 2. The number of carbonyl (C=O) groups excluding carboxylic acids is 2. The Labute approximate surface area is 163 Å². The average molecular weight is 381 g/mol. The van der Waals surface area contributed by atoms with Gasteiger partial charge < -0.3 is 20.4 Å². The number of aromatic hydroxyl groups is 2. The quantitative estimate of drug-likeness (QED) is 0.348. The number of rotatable bonds is 6. The number of phenols is 2. The maximum Gasteiger partial charge on any atom is 0.260 e. The third-order valence-corrected chi connectivity index (χ3v) is 4.73. The second kappa shape index (κ2) is 8.04. The lowest BCUT2D eigenvalue weighted by atomic mass is 9.94. The topological polar surface area (TPSA) is 102 Å². The number of phenolic OH excluding ortho intramolecular Hbond substituents is 2. The molecule has 28 heavy (non-hydrogen) atoms. The number of anilines is 1. The molecule has 0 saturated carbocycles. The monoisotopic (exact) mass is 381 g/mol. The van der Waals surface area contributed by atoms with Crippen LogP contribution in [0.25, 0.3) is 5.57 Å². The summed E-state index contributed by atoms with van der Waals surface area (Å²) in [4.78, 5) is 26.7. The van der Waals surface area contributed by atoms with Crippen molar-refractivity contribution in [3.8, 4) is 11.5 Å². The SMILES string of the molecule is CCN(CC)c1ccc2c(c1)C(=CNCc1ccc(O)c(O)c1)C(=O)NC2=O.